The highest BCUT2D eigenvalue weighted by molar-refractivity contribution is 6.30. The van der Waals surface area contributed by atoms with Gasteiger partial charge in [-0.1, -0.05) is 43.7 Å². The lowest BCUT2D eigenvalue weighted by Crippen LogP contribution is -2.19. The van der Waals surface area contributed by atoms with Gasteiger partial charge in [0.05, 0.1) is 11.4 Å². The summed E-state index contributed by atoms with van der Waals surface area (Å²) >= 11 is 6.04. The van der Waals surface area contributed by atoms with Gasteiger partial charge in [-0.25, -0.2) is 4.68 Å². The summed E-state index contributed by atoms with van der Waals surface area (Å²) < 4.78 is 1.70. The van der Waals surface area contributed by atoms with E-state index in [1.807, 2.05) is 45.9 Å². The van der Waals surface area contributed by atoms with E-state index in [0.29, 0.717) is 10.7 Å². The first-order valence-electron chi connectivity index (χ1n) is 6.02. The fraction of sp³-hybridized carbons (Fsp3) is 0.357. The number of aryl methyl sites for hydroxylation is 1. The number of rotatable bonds is 2. The Hall–Kier alpha value is -1.68. The topological polar surface area (TPSA) is 47.8 Å². The van der Waals surface area contributed by atoms with E-state index in [4.69, 9.17) is 11.6 Å². The largest absolute Gasteiger partial charge is 0.296 e. The minimum Gasteiger partial charge on any atom is -0.296 e. The number of hydrogen-bond acceptors (Lipinski definition) is 3. The van der Waals surface area contributed by atoms with Crippen LogP contribution in [0.3, 0.4) is 0 Å². The van der Waals surface area contributed by atoms with Crippen molar-refractivity contribution in [3.63, 3.8) is 0 Å². The quantitative estimate of drug-likeness (QED) is 0.791. The van der Waals surface area contributed by atoms with Gasteiger partial charge in [-0.3, -0.25) is 4.79 Å². The zero-order valence-electron chi connectivity index (χ0n) is 11.4. The molecular formula is C14H16ClN3O. The van der Waals surface area contributed by atoms with Gasteiger partial charge in [0.25, 0.3) is 0 Å². The average molecular weight is 278 g/mol. The molecule has 0 bridgehead atoms. The van der Waals surface area contributed by atoms with Crippen LogP contribution in [0.2, 0.25) is 5.02 Å². The summed E-state index contributed by atoms with van der Waals surface area (Å²) in [5.41, 5.74) is 2.78. The van der Waals surface area contributed by atoms with Crippen molar-refractivity contribution >= 4 is 17.9 Å². The normalized spacial score (nSPS) is 11.6. The smallest absolute Gasteiger partial charge is 0.172 e. The maximum absolute atomic E-state index is 11.1. The van der Waals surface area contributed by atoms with Crippen molar-refractivity contribution in [1.29, 1.82) is 0 Å². The third kappa shape index (κ3) is 2.54. The fourth-order valence-electron chi connectivity index (χ4n) is 2.05. The van der Waals surface area contributed by atoms with E-state index in [2.05, 4.69) is 10.3 Å². The van der Waals surface area contributed by atoms with Gasteiger partial charge in [0.1, 0.15) is 5.69 Å². The highest BCUT2D eigenvalue weighted by Crippen LogP contribution is 2.28. The van der Waals surface area contributed by atoms with Gasteiger partial charge in [0.2, 0.25) is 0 Å². The number of nitrogens with zero attached hydrogens (tertiary/aromatic N) is 3. The molecule has 0 aliphatic rings. The van der Waals surface area contributed by atoms with E-state index < -0.39 is 0 Å². The second-order valence-electron chi connectivity index (χ2n) is 5.53. The molecule has 0 fully saturated rings. The second kappa shape index (κ2) is 4.78. The minimum atomic E-state index is -0.242. The van der Waals surface area contributed by atoms with Crippen LogP contribution >= 0.6 is 11.6 Å². The molecule has 0 radical (unpaired) electrons. The lowest BCUT2D eigenvalue weighted by molar-refractivity contribution is 0.111. The Morgan fingerprint density at radius 3 is 2.58 bits per heavy atom. The molecule has 0 N–H and O–H groups in total. The minimum absolute atomic E-state index is 0.242. The van der Waals surface area contributed by atoms with Crippen LogP contribution in [0.15, 0.2) is 18.2 Å². The van der Waals surface area contributed by atoms with Gasteiger partial charge >= 0.3 is 0 Å². The Balaban J connectivity index is 2.73. The highest BCUT2D eigenvalue weighted by atomic mass is 35.5. The Morgan fingerprint density at radius 1 is 1.32 bits per heavy atom. The summed E-state index contributed by atoms with van der Waals surface area (Å²) in [6.07, 6.45) is 0.740. The summed E-state index contributed by atoms with van der Waals surface area (Å²) in [6.45, 7) is 8.04. The molecule has 1 aromatic carbocycles. The predicted molar refractivity (Wildman–Crippen MR) is 75.2 cm³/mol. The van der Waals surface area contributed by atoms with E-state index in [-0.39, 0.29) is 5.41 Å². The molecule has 19 heavy (non-hydrogen) atoms. The second-order valence-corrected chi connectivity index (χ2v) is 5.97. The van der Waals surface area contributed by atoms with E-state index in [0.717, 1.165) is 23.2 Å². The number of halogens is 1. The van der Waals surface area contributed by atoms with Crippen molar-refractivity contribution in [1.82, 2.24) is 15.0 Å². The van der Waals surface area contributed by atoms with Crippen LogP contribution in [-0.4, -0.2) is 21.3 Å². The van der Waals surface area contributed by atoms with Crippen LogP contribution in [0.4, 0.5) is 0 Å². The number of carbonyl (C=O) groups excluding carboxylic acids is 1. The number of carbonyl (C=O) groups is 1. The molecule has 0 unspecified atom stereocenters. The van der Waals surface area contributed by atoms with Crippen LogP contribution in [0.5, 0.6) is 0 Å². The summed E-state index contributed by atoms with van der Waals surface area (Å²) in [5.74, 6) is 0. The first kappa shape index (κ1) is 13.7. The van der Waals surface area contributed by atoms with E-state index >= 15 is 0 Å². The van der Waals surface area contributed by atoms with Crippen molar-refractivity contribution < 1.29 is 4.79 Å². The van der Waals surface area contributed by atoms with Gasteiger partial charge < -0.3 is 0 Å². The molecule has 2 rings (SSSR count). The molecule has 0 aliphatic heterocycles. The Bertz CT molecular complexity index is 626. The van der Waals surface area contributed by atoms with Crippen LogP contribution in [0.1, 0.15) is 42.5 Å². The lowest BCUT2D eigenvalue weighted by atomic mass is 9.90. The summed E-state index contributed by atoms with van der Waals surface area (Å²) in [6, 6.07) is 5.58. The first-order chi connectivity index (χ1) is 8.84. The van der Waals surface area contributed by atoms with E-state index in [9.17, 15) is 4.79 Å². The third-order valence-corrected chi connectivity index (χ3v) is 3.15. The van der Waals surface area contributed by atoms with Crippen molar-refractivity contribution in [3.05, 3.63) is 40.2 Å². The molecule has 0 spiro atoms. The molecular weight excluding hydrogens is 262 g/mol. The van der Waals surface area contributed by atoms with Crippen LogP contribution in [0.25, 0.3) is 5.69 Å². The van der Waals surface area contributed by atoms with Crippen molar-refractivity contribution in [2.75, 3.05) is 0 Å². The summed E-state index contributed by atoms with van der Waals surface area (Å²) in [5, 5.41) is 8.68. The van der Waals surface area contributed by atoms with Crippen molar-refractivity contribution in [3.8, 4) is 5.69 Å². The van der Waals surface area contributed by atoms with Crippen LogP contribution < -0.4 is 0 Å². The van der Waals surface area contributed by atoms with Gasteiger partial charge in [-0.2, -0.15) is 0 Å². The molecule has 1 aromatic heterocycles. The van der Waals surface area contributed by atoms with Crippen LogP contribution in [-0.2, 0) is 5.41 Å². The monoisotopic (exact) mass is 277 g/mol. The molecule has 0 saturated carbocycles. The number of aldehydes is 1. The molecule has 5 heteroatoms. The Labute approximate surface area is 117 Å². The molecule has 0 atom stereocenters. The van der Waals surface area contributed by atoms with E-state index in [1.165, 1.54) is 0 Å². The maximum atomic E-state index is 11.1. The molecule has 100 valence electrons. The summed E-state index contributed by atoms with van der Waals surface area (Å²) in [7, 11) is 0. The number of hydrogen-bond donors (Lipinski definition) is 0. The number of benzene rings is 1. The Kier molecular flexibility index (Phi) is 3.45. The molecule has 4 nitrogen and oxygen atoms in total. The standard InChI is InChI=1S/C14H16ClN3O/c1-9-5-6-10(15)7-12(9)18-13(14(2,3)4)11(8-19)16-17-18/h5-8H,1-4H3. The molecule has 0 amide bonds. The number of aromatic nitrogens is 3. The highest BCUT2D eigenvalue weighted by Gasteiger charge is 2.26. The first-order valence-corrected chi connectivity index (χ1v) is 6.40. The zero-order valence-corrected chi connectivity index (χ0v) is 12.2. The molecule has 0 aliphatic carbocycles. The van der Waals surface area contributed by atoms with Crippen molar-refractivity contribution in [2.24, 2.45) is 0 Å². The Morgan fingerprint density at radius 2 is 2.00 bits per heavy atom. The predicted octanol–water partition coefficient (Wildman–Crippen LogP) is 3.34. The average Bonchev–Trinajstić information content (AvgIpc) is 2.75. The lowest BCUT2D eigenvalue weighted by Gasteiger charge is -2.21. The molecule has 0 saturated heterocycles. The van der Waals surface area contributed by atoms with Gasteiger partial charge in [0, 0.05) is 10.4 Å². The van der Waals surface area contributed by atoms with Crippen LogP contribution in [0, 0.1) is 6.92 Å². The van der Waals surface area contributed by atoms with E-state index in [1.54, 1.807) is 4.68 Å². The van der Waals surface area contributed by atoms with Gasteiger partial charge in [-0.15, -0.1) is 5.10 Å². The molecule has 1 heterocycles. The maximum Gasteiger partial charge on any atom is 0.172 e. The van der Waals surface area contributed by atoms with Crippen molar-refractivity contribution in [2.45, 2.75) is 33.1 Å². The SMILES string of the molecule is Cc1ccc(Cl)cc1-n1nnc(C=O)c1C(C)(C)C. The third-order valence-electron chi connectivity index (χ3n) is 2.92. The summed E-state index contributed by atoms with van der Waals surface area (Å²) in [4.78, 5) is 11.1. The van der Waals surface area contributed by atoms with Gasteiger partial charge in [-0.05, 0) is 24.6 Å². The zero-order chi connectivity index (χ0) is 14.2. The molecule has 2 aromatic rings. The fourth-order valence-corrected chi connectivity index (χ4v) is 2.22. The van der Waals surface area contributed by atoms with Gasteiger partial charge in [0.15, 0.2) is 6.29 Å².